The molecule has 0 spiro atoms. The first kappa shape index (κ1) is 14.9. The van der Waals surface area contributed by atoms with Crippen LogP contribution in [-0.2, 0) is 26.6 Å². The first-order chi connectivity index (χ1) is 10.1. The highest BCUT2D eigenvalue weighted by molar-refractivity contribution is 9.10. The lowest BCUT2D eigenvalue weighted by atomic mass is 10.1. The predicted molar refractivity (Wildman–Crippen MR) is 86.8 cm³/mol. The summed E-state index contributed by atoms with van der Waals surface area (Å²) in [5, 5.41) is 8.60. The van der Waals surface area contributed by atoms with Crippen molar-refractivity contribution in [1.82, 2.24) is 15.1 Å². The van der Waals surface area contributed by atoms with E-state index >= 15 is 0 Å². The second-order valence-electron chi connectivity index (χ2n) is 5.22. The van der Waals surface area contributed by atoms with Gasteiger partial charge in [-0.05, 0) is 40.5 Å². The van der Waals surface area contributed by atoms with Crippen LogP contribution in [0, 0.1) is 6.92 Å². The topological polar surface area (TPSA) is 39.1 Å². The van der Waals surface area contributed by atoms with E-state index in [9.17, 15) is 0 Å². The van der Waals surface area contributed by atoms with Crippen molar-refractivity contribution in [1.29, 1.82) is 0 Å². The van der Waals surface area contributed by atoms with Gasteiger partial charge < -0.3 is 10.1 Å². The van der Waals surface area contributed by atoms with Crippen LogP contribution in [0.15, 0.2) is 16.6 Å². The molecule has 0 aliphatic carbocycles. The van der Waals surface area contributed by atoms with E-state index in [0.717, 1.165) is 58.3 Å². The minimum absolute atomic E-state index is 0.722. The van der Waals surface area contributed by atoms with E-state index in [1.807, 2.05) is 30.8 Å². The van der Waals surface area contributed by atoms with Crippen LogP contribution in [0.1, 0.15) is 22.5 Å². The normalized spacial score (nSPS) is 13.3. The summed E-state index contributed by atoms with van der Waals surface area (Å²) >= 11 is 9.75. The largest absolute Gasteiger partial charge is 0.493 e. The molecular formula is C15H17BrClN3O. The number of hydrogen-bond donors (Lipinski definition) is 1. The molecule has 6 heteroatoms. The molecule has 1 aliphatic rings. The highest BCUT2D eigenvalue weighted by Crippen LogP contribution is 2.32. The van der Waals surface area contributed by atoms with E-state index < -0.39 is 0 Å². The van der Waals surface area contributed by atoms with Crippen molar-refractivity contribution >= 4 is 27.5 Å². The third kappa shape index (κ3) is 2.96. The Morgan fingerprint density at radius 1 is 1.43 bits per heavy atom. The van der Waals surface area contributed by atoms with Gasteiger partial charge in [0.25, 0.3) is 0 Å². The minimum atomic E-state index is 0.722. The quantitative estimate of drug-likeness (QED) is 0.897. The van der Waals surface area contributed by atoms with Crippen molar-refractivity contribution in [3.8, 4) is 5.75 Å². The molecule has 0 fully saturated rings. The number of aromatic nitrogens is 2. The summed E-state index contributed by atoms with van der Waals surface area (Å²) in [5.41, 5.74) is 4.45. The second kappa shape index (κ2) is 5.99. The van der Waals surface area contributed by atoms with Crippen LogP contribution < -0.4 is 10.1 Å². The molecule has 0 saturated carbocycles. The summed E-state index contributed by atoms with van der Waals surface area (Å²) < 4.78 is 8.67. The fourth-order valence-corrected chi connectivity index (χ4v) is 3.40. The molecule has 0 atom stereocenters. The Hall–Kier alpha value is -1.04. The molecule has 1 aromatic carbocycles. The minimum Gasteiger partial charge on any atom is -0.493 e. The van der Waals surface area contributed by atoms with Gasteiger partial charge in [-0.2, -0.15) is 5.10 Å². The van der Waals surface area contributed by atoms with Crippen LogP contribution in [0.25, 0.3) is 0 Å². The van der Waals surface area contributed by atoms with Crippen LogP contribution in [0.3, 0.4) is 0 Å². The SMILES string of the molecule is Cc1nn(C)c(CNCc2cc(Cl)cc3c2OCC3)c1Br. The maximum absolute atomic E-state index is 6.17. The predicted octanol–water partition coefficient (Wildman–Crippen LogP) is 3.37. The molecular weight excluding hydrogens is 354 g/mol. The molecule has 2 aromatic rings. The number of hydrogen-bond acceptors (Lipinski definition) is 3. The van der Waals surface area contributed by atoms with E-state index in [1.165, 1.54) is 5.56 Å². The van der Waals surface area contributed by atoms with Gasteiger partial charge in [-0.25, -0.2) is 0 Å². The standard InChI is InChI=1S/C15H17BrClN3O/c1-9-14(16)13(20(2)19-9)8-18-7-11-6-12(17)5-10-3-4-21-15(10)11/h5-6,18H,3-4,7-8H2,1-2H3. The summed E-state index contributed by atoms with van der Waals surface area (Å²) in [6, 6.07) is 3.97. The van der Waals surface area contributed by atoms with Crippen molar-refractivity contribution in [2.75, 3.05) is 6.61 Å². The molecule has 112 valence electrons. The van der Waals surface area contributed by atoms with Crippen molar-refractivity contribution in [3.05, 3.63) is 44.1 Å². The number of nitrogens with one attached hydrogen (secondary N) is 1. The van der Waals surface area contributed by atoms with E-state index in [4.69, 9.17) is 16.3 Å². The zero-order valence-electron chi connectivity index (χ0n) is 12.0. The van der Waals surface area contributed by atoms with Crippen molar-refractivity contribution in [2.45, 2.75) is 26.4 Å². The van der Waals surface area contributed by atoms with Crippen LogP contribution in [-0.4, -0.2) is 16.4 Å². The van der Waals surface area contributed by atoms with Gasteiger partial charge in [0, 0.05) is 37.1 Å². The molecule has 1 aliphatic heterocycles. The Balaban J connectivity index is 1.71. The number of benzene rings is 1. The highest BCUT2D eigenvalue weighted by Gasteiger charge is 2.17. The lowest BCUT2D eigenvalue weighted by Crippen LogP contribution is -2.16. The van der Waals surface area contributed by atoms with Crippen LogP contribution in [0.5, 0.6) is 5.75 Å². The fourth-order valence-electron chi connectivity index (χ4n) is 2.67. The van der Waals surface area contributed by atoms with Crippen LogP contribution in [0.2, 0.25) is 5.02 Å². The van der Waals surface area contributed by atoms with E-state index in [0.29, 0.717) is 0 Å². The van der Waals surface area contributed by atoms with Crippen molar-refractivity contribution < 1.29 is 4.74 Å². The molecule has 2 heterocycles. The second-order valence-corrected chi connectivity index (χ2v) is 6.45. The Labute approximate surface area is 137 Å². The van der Waals surface area contributed by atoms with Crippen LogP contribution >= 0.6 is 27.5 Å². The first-order valence-corrected chi connectivity index (χ1v) is 8.06. The number of halogens is 2. The lowest BCUT2D eigenvalue weighted by molar-refractivity contribution is 0.352. The average Bonchev–Trinajstić information content (AvgIpc) is 2.98. The maximum atomic E-state index is 6.17. The average molecular weight is 371 g/mol. The van der Waals surface area contributed by atoms with Crippen LogP contribution in [0.4, 0.5) is 0 Å². The zero-order chi connectivity index (χ0) is 15.0. The Morgan fingerprint density at radius 3 is 2.95 bits per heavy atom. The van der Waals surface area contributed by atoms with Gasteiger partial charge in [-0.1, -0.05) is 11.6 Å². The molecule has 21 heavy (non-hydrogen) atoms. The third-order valence-electron chi connectivity index (χ3n) is 3.69. The fraction of sp³-hybridized carbons (Fsp3) is 0.400. The van der Waals surface area contributed by atoms with Crippen molar-refractivity contribution in [3.63, 3.8) is 0 Å². The lowest BCUT2D eigenvalue weighted by Gasteiger charge is -2.10. The highest BCUT2D eigenvalue weighted by atomic mass is 79.9. The Morgan fingerprint density at radius 2 is 2.24 bits per heavy atom. The smallest absolute Gasteiger partial charge is 0.127 e. The molecule has 0 unspecified atom stereocenters. The van der Waals surface area contributed by atoms with Gasteiger partial charge in [0.1, 0.15) is 5.75 Å². The molecule has 0 radical (unpaired) electrons. The van der Waals surface area contributed by atoms with Gasteiger partial charge in [-0.15, -0.1) is 0 Å². The first-order valence-electron chi connectivity index (χ1n) is 6.89. The summed E-state index contributed by atoms with van der Waals surface area (Å²) in [6.45, 7) is 4.19. The zero-order valence-corrected chi connectivity index (χ0v) is 14.4. The van der Waals surface area contributed by atoms with Gasteiger partial charge in [0.05, 0.1) is 22.5 Å². The molecule has 3 rings (SSSR count). The summed E-state index contributed by atoms with van der Waals surface area (Å²) in [7, 11) is 1.95. The van der Waals surface area contributed by atoms with Gasteiger partial charge >= 0.3 is 0 Å². The molecule has 0 bridgehead atoms. The van der Waals surface area contributed by atoms with Gasteiger partial charge in [0.2, 0.25) is 0 Å². The number of rotatable bonds is 4. The number of aryl methyl sites for hydroxylation is 2. The molecule has 0 saturated heterocycles. The van der Waals surface area contributed by atoms with E-state index in [2.05, 4.69) is 26.3 Å². The Bertz CT molecular complexity index is 684. The molecule has 1 N–H and O–H groups in total. The third-order valence-corrected chi connectivity index (χ3v) is 4.94. The molecule has 0 amide bonds. The molecule has 1 aromatic heterocycles. The number of fused-ring (bicyclic) bond motifs is 1. The number of nitrogens with zero attached hydrogens (tertiary/aromatic N) is 2. The summed E-state index contributed by atoms with van der Waals surface area (Å²) in [4.78, 5) is 0. The molecule has 4 nitrogen and oxygen atoms in total. The number of ether oxygens (including phenoxy) is 1. The van der Waals surface area contributed by atoms with Gasteiger partial charge in [-0.3, -0.25) is 4.68 Å². The van der Waals surface area contributed by atoms with Crippen molar-refractivity contribution in [2.24, 2.45) is 7.05 Å². The van der Waals surface area contributed by atoms with Gasteiger partial charge in [0.15, 0.2) is 0 Å². The maximum Gasteiger partial charge on any atom is 0.127 e. The summed E-state index contributed by atoms with van der Waals surface area (Å²) in [6.07, 6.45) is 0.940. The monoisotopic (exact) mass is 369 g/mol. The van der Waals surface area contributed by atoms with E-state index in [1.54, 1.807) is 0 Å². The summed E-state index contributed by atoms with van der Waals surface area (Å²) in [5.74, 6) is 0.993. The van der Waals surface area contributed by atoms with E-state index in [-0.39, 0.29) is 0 Å². The Kier molecular flexibility index (Phi) is 4.24.